The number of para-hydroxylation sites is 2. The highest BCUT2D eigenvalue weighted by Crippen LogP contribution is 2.23. The summed E-state index contributed by atoms with van der Waals surface area (Å²) < 4.78 is 29.2. The molecule has 7 heteroatoms. The molecule has 0 radical (unpaired) electrons. The van der Waals surface area contributed by atoms with Crippen LogP contribution in [0.1, 0.15) is 19.8 Å². The Labute approximate surface area is 122 Å². The van der Waals surface area contributed by atoms with Crippen LogP contribution in [0, 0.1) is 0 Å². The highest BCUT2D eigenvalue weighted by Gasteiger charge is 2.10. The number of anilines is 1. The van der Waals surface area contributed by atoms with E-state index < -0.39 is 25.2 Å². The van der Waals surface area contributed by atoms with Crippen LogP contribution in [-0.4, -0.2) is 36.8 Å². The van der Waals surface area contributed by atoms with Gasteiger partial charge in [0, 0.05) is 6.54 Å². The minimum atomic E-state index is -2.58. The van der Waals surface area contributed by atoms with E-state index in [0.717, 1.165) is 0 Å². The second kappa shape index (κ2) is 9.12. The Kier molecular flexibility index (Phi) is 7.45. The normalized spacial score (nSPS) is 12.0. The Bertz CT molecular complexity index is 444. The van der Waals surface area contributed by atoms with Crippen LogP contribution in [0.15, 0.2) is 24.3 Å². The zero-order chi connectivity index (χ0) is 15.7. The summed E-state index contributed by atoms with van der Waals surface area (Å²) >= 11 is 0. The van der Waals surface area contributed by atoms with Gasteiger partial charge in [-0.05, 0) is 25.0 Å². The van der Waals surface area contributed by atoms with Crippen molar-refractivity contribution in [2.45, 2.75) is 32.3 Å². The second-order valence-electron chi connectivity index (χ2n) is 4.43. The van der Waals surface area contributed by atoms with Crippen LogP contribution < -0.4 is 15.4 Å². The van der Waals surface area contributed by atoms with Gasteiger partial charge in [0.1, 0.15) is 12.4 Å². The molecular weight excluding hydrogens is 282 g/mol. The molecule has 118 valence electrons. The van der Waals surface area contributed by atoms with Gasteiger partial charge in [-0.2, -0.15) is 0 Å². The van der Waals surface area contributed by atoms with Crippen LogP contribution in [0.4, 0.5) is 19.3 Å². The number of benzene rings is 1. The smallest absolute Gasteiger partial charge is 0.319 e. The van der Waals surface area contributed by atoms with Crippen LogP contribution in [0.25, 0.3) is 0 Å². The fourth-order valence-corrected chi connectivity index (χ4v) is 1.57. The van der Waals surface area contributed by atoms with E-state index in [1.54, 1.807) is 18.2 Å². The van der Waals surface area contributed by atoms with E-state index in [0.29, 0.717) is 25.1 Å². The molecule has 3 N–H and O–H groups in total. The predicted molar refractivity (Wildman–Crippen MR) is 75.9 cm³/mol. The van der Waals surface area contributed by atoms with Crippen molar-refractivity contribution in [1.82, 2.24) is 5.32 Å². The number of hydrogen-bond acceptors (Lipinski definition) is 3. The highest BCUT2D eigenvalue weighted by atomic mass is 19.3. The first-order valence-electron chi connectivity index (χ1n) is 6.75. The summed E-state index contributed by atoms with van der Waals surface area (Å²) in [7, 11) is 0. The van der Waals surface area contributed by atoms with Gasteiger partial charge >= 0.3 is 6.03 Å². The summed E-state index contributed by atoms with van der Waals surface area (Å²) in [6.45, 7) is 1.44. The summed E-state index contributed by atoms with van der Waals surface area (Å²) in [5.41, 5.74) is 0.312. The van der Waals surface area contributed by atoms with E-state index in [1.807, 2.05) is 6.92 Å². The number of alkyl halides is 2. The monoisotopic (exact) mass is 302 g/mol. The zero-order valence-electron chi connectivity index (χ0n) is 11.8. The van der Waals surface area contributed by atoms with Crippen molar-refractivity contribution in [3.05, 3.63) is 24.3 Å². The largest absolute Gasteiger partial charge is 0.485 e. The molecule has 1 atom stereocenters. The Balaban J connectivity index is 2.47. The number of rotatable bonds is 8. The number of halogens is 2. The number of hydrogen-bond donors (Lipinski definition) is 3. The fourth-order valence-electron chi connectivity index (χ4n) is 1.57. The number of carbonyl (C=O) groups is 1. The second-order valence-corrected chi connectivity index (χ2v) is 4.43. The van der Waals surface area contributed by atoms with Gasteiger partial charge in [-0.25, -0.2) is 13.6 Å². The number of carbonyl (C=O) groups excluding carboxylic acids is 1. The first-order chi connectivity index (χ1) is 10.0. The predicted octanol–water partition coefficient (Wildman–Crippen LogP) is 2.61. The minimum absolute atomic E-state index is 0.182. The van der Waals surface area contributed by atoms with Crippen molar-refractivity contribution in [3.8, 4) is 5.75 Å². The van der Waals surface area contributed by atoms with Gasteiger partial charge in [-0.3, -0.25) is 0 Å². The molecule has 0 bridgehead atoms. The summed E-state index contributed by atoms with van der Waals surface area (Å²) in [6.07, 6.45) is -1.96. The average molecular weight is 302 g/mol. The molecule has 0 heterocycles. The lowest BCUT2D eigenvalue weighted by Gasteiger charge is -2.13. The number of nitrogens with one attached hydrogen (secondary N) is 2. The number of amides is 2. The highest BCUT2D eigenvalue weighted by molar-refractivity contribution is 5.90. The Morgan fingerprint density at radius 3 is 2.76 bits per heavy atom. The number of urea groups is 1. The quantitative estimate of drug-likeness (QED) is 0.691. The molecule has 1 aromatic carbocycles. The van der Waals surface area contributed by atoms with Crippen LogP contribution >= 0.6 is 0 Å². The van der Waals surface area contributed by atoms with Crippen LogP contribution in [0.2, 0.25) is 0 Å². The van der Waals surface area contributed by atoms with Crippen molar-refractivity contribution in [2.75, 3.05) is 18.5 Å². The third kappa shape index (κ3) is 6.89. The third-order valence-corrected chi connectivity index (χ3v) is 2.73. The van der Waals surface area contributed by atoms with Crippen molar-refractivity contribution < 1.29 is 23.4 Å². The van der Waals surface area contributed by atoms with Crippen LogP contribution in [0.3, 0.4) is 0 Å². The van der Waals surface area contributed by atoms with Crippen molar-refractivity contribution in [1.29, 1.82) is 0 Å². The topological polar surface area (TPSA) is 70.6 Å². The first kappa shape index (κ1) is 17.2. The van der Waals surface area contributed by atoms with E-state index >= 15 is 0 Å². The molecule has 0 aliphatic rings. The molecule has 0 saturated heterocycles. The Hall–Kier alpha value is -1.89. The molecule has 0 aromatic heterocycles. The van der Waals surface area contributed by atoms with Crippen molar-refractivity contribution in [3.63, 3.8) is 0 Å². The molecule has 0 aliphatic heterocycles. The van der Waals surface area contributed by atoms with Gasteiger partial charge < -0.3 is 20.5 Å². The molecule has 0 aliphatic carbocycles. The van der Waals surface area contributed by atoms with E-state index in [1.165, 1.54) is 6.07 Å². The summed E-state index contributed by atoms with van der Waals surface area (Å²) in [4.78, 5) is 11.7. The van der Waals surface area contributed by atoms with E-state index in [9.17, 15) is 18.7 Å². The van der Waals surface area contributed by atoms with Gasteiger partial charge in [0.05, 0.1) is 11.8 Å². The molecule has 21 heavy (non-hydrogen) atoms. The summed E-state index contributed by atoms with van der Waals surface area (Å²) in [5.74, 6) is 0.182. The number of aliphatic hydroxyl groups is 1. The standard InChI is InChI=1S/C14H20F2N2O3/c1-2-10(19)7-8-17-14(20)18-11-5-3-4-6-12(11)21-9-13(15)16/h3-6,10,13,19H,2,7-9H2,1H3,(H2,17,18,20). The summed E-state index contributed by atoms with van der Waals surface area (Å²) in [5, 5.41) is 14.5. The van der Waals surface area contributed by atoms with E-state index in [-0.39, 0.29) is 5.75 Å². The van der Waals surface area contributed by atoms with Gasteiger partial charge in [-0.15, -0.1) is 0 Å². The molecule has 1 rings (SSSR count). The van der Waals surface area contributed by atoms with E-state index in [4.69, 9.17) is 4.74 Å². The van der Waals surface area contributed by atoms with E-state index in [2.05, 4.69) is 10.6 Å². The third-order valence-electron chi connectivity index (χ3n) is 2.73. The van der Waals surface area contributed by atoms with Crippen molar-refractivity contribution in [2.24, 2.45) is 0 Å². The first-order valence-corrected chi connectivity index (χ1v) is 6.75. The molecule has 0 fully saturated rings. The lowest BCUT2D eigenvalue weighted by atomic mass is 10.2. The minimum Gasteiger partial charge on any atom is -0.485 e. The molecule has 1 aromatic rings. The maximum absolute atomic E-state index is 12.1. The number of aliphatic hydroxyl groups excluding tert-OH is 1. The van der Waals surface area contributed by atoms with Gasteiger partial charge in [0.25, 0.3) is 6.43 Å². The molecule has 2 amide bonds. The maximum Gasteiger partial charge on any atom is 0.319 e. The fraction of sp³-hybridized carbons (Fsp3) is 0.500. The summed E-state index contributed by atoms with van der Waals surface area (Å²) in [6, 6.07) is 5.86. The lowest BCUT2D eigenvalue weighted by molar-refractivity contribution is 0.0823. The lowest BCUT2D eigenvalue weighted by Crippen LogP contribution is -2.31. The molecule has 0 saturated carbocycles. The van der Waals surface area contributed by atoms with Crippen LogP contribution in [0.5, 0.6) is 5.75 Å². The Morgan fingerprint density at radius 2 is 2.10 bits per heavy atom. The number of ether oxygens (including phenoxy) is 1. The van der Waals surface area contributed by atoms with Gasteiger partial charge in [-0.1, -0.05) is 19.1 Å². The van der Waals surface area contributed by atoms with Crippen molar-refractivity contribution >= 4 is 11.7 Å². The SMILES string of the molecule is CCC(O)CCNC(=O)Nc1ccccc1OCC(F)F. The van der Waals surface area contributed by atoms with Crippen LogP contribution in [-0.2, 0) is 0 Å². The van der Waals surface area contributed by atoms with Gasteiger partial charge in [0.15, 0.2) is 0 Å². The average Bonchev–Trinajstić information content (AvgIpc) is 2.46. The molecule has 5 nitrogen and oxygen atoms in total. The van der Waals surface area contributed by atoms with Gasteiger partial charge in [0.2, 0.25) is 0 Å². The molecule has 0 spiro atoms. The Morgan fingerprint density at radius 1 is 1.38 bits per heavy atom. The maximum atomic E-state index is 12.1. The molecular formula is C14H20F2N2O3. The zero-order valence-corrected chi connectivity index (χ0v) is 11.8. The molecule has 1 unspecified atom stereocenters.